The molecule has 0 radical (unpaired) electrons. The molecule has 7 heteroatoms. The zero-order valence-electron chi connectivity index (χ0n) is 18.1. The molecule has 1 aliphatic rings. The summed E-state index contributed by atoms with van der Waals surface area (Å²) in [6, 6.07) is 15.5. The van der Waals surface area contributed by atoms with Crippen molar-refractivity contribution in [2.24, 2.45) is 7.05 Å². The lowest BCUT2D eigenvalue weighted by atomic mass is 9.89. The highest BCUT2D eigenvalue weighted by atomic mass is 16.5. The molecule has 0 bridgehead atoms. The lowest BCUT2D eigenvalue weighted by molar-refractivity contribution is -0.117. The third kappa shape index (κ3) is 3.91. The Labute approximate surface area is 181 Å². The Morgan fingerprint density at radius 1 is 1.13 bits per heavy atom. The maximum atomic E-state index is 12.4. The van der Waals surface area contributed by atoms with Gasteiger partial charge in [-0.3, -0.25) is 9.48 Å². The van der Waals surface area contributed by atoms with Crippen molar-refractivity contribution in [1.82, 2.24) is 9.78 Å². The molecular formula is C24H26N4O3. The number of carbonyl (C=O) groups is 2. The van der Waals surface area contributed by atoms with Crippen LogP contribution in [-0.4, -0.2) is 34.8 Å². The molecule has 1 aliphatic heterocycles. The van der Waals surface area contributed by atoms with E-state index in [1.807, 2.05) is 47.0 Å². The van der Waals surface area contributed by atoms with Crippen LogP contribution in [0.5, 0.6) is 0 Å². The summed E-state index contributed by atoms with van der Waals surface area (Å²) in [6.07, 6.45) is 2.54. The predicted molar refractivity (Wildman–Crippen MR) is 120 cm³/mol. The molecule has 2 aromatic carbocycles. The van der Waals surface area contributed by atoms with Gasteiger partial charge in [0, 0.05) is 43.1 Å². The number of aromatic nitrogens is 2. The van der Waals surface area contributed by atoms with Gasteiger partial charge < -0.3 is 15.0 Å². The van der Waals surface area contributed by atoms with Crippen LogP contribution in [0.15, 0.2) is 54.7 Å². The third-order valence-electron chi connectivity index (χ3n) is 5.78. The van der Waals surface area contributed by atoms with Crippen LogP contribution >= 0.6 is 0 Å². The van der Waals surface area contributed by atoms with Gasteiger partial charge in [-0.25, -0.2) is 4.79 Å². The number of fused-ring (bicyclic) bond motifs is 1. The van der Waals surface area contributed by atoms with Crippen LogP contribution in [-0.2, 0) is 16.6 Å². The van der Waals surface area contributed by atoms with Gasteiger partial charge in [-0.15, -0.1) is 0 Å². The lowest BCUT2D eigenvalue weighted by Crippen LogP contribution is -2.43. The number of ether oxygens (including phenoxy) is 1. The molecule has 2 heterocycles. The third-order valence-corrected chi connectivity index (χ3v) is 5.78. The molecule has 1 amide bonds. The number of benzene rings is 2. The van der Waals surface area contributed by atoms with Gasteiger partial charge in [-0.05, 0) is 61.4 Å². The topological polar surface area (TPSA) is 76.5 Å². The van der Waals surface area contributed by atoms with E-state index in [1.165, 1.54) is 7.11 Å². The number of nitrogens with zero attached hydrogens (tertiary/aromatic N) is 3. The lowest BCUT2D eigenvalue weighted by Gasteiger charge is -2.39. The average Bonchev–Trinajstić information content (AvgIpc) is 3.19. The summed E-state index contributed by atoms with van der Waals surface area (Å²) in [5.74, 6) is -0.330. The van der Waals surface area contributed by atoms with E-state index in [2.05, 4.69) is 23.4 Å². The highest BCUT2D eigenvalue weighted by Crippen LogP contribution is 2.41. The first kappa shape index (κ1) is 20.7. The van der Waals surface area contributed by atoms with Crippen molar-refractivity contribution in [2.75, 3.05) is 17.3 Å². The van der Waals surface area contributed by atoms with E-state index in [1.54, 1.807) is 25.3 Å². The minimum atomic E-state index is -0.360. The van der Waals surface area contributed by atoms with Gasteiger partial charge in [-0.2, -0.15) is 5.10 Å². The molecule has 31 heavy (non-hydrogen) atoms. The molecule has 0 aliphatic carbocycles. The SMILES string of the molecule is COC(=O)c1ccc(N[C@@H]2C[C@H](C)N(C(C)=O)c3ccc(-c4ccnn4C)cc32)cc1. The summed E-state index contributed by atoms with van der Waals surface area (Å²) < 4.78 is 6.61. The quantitative estimate of drug-likeness (QED) is 0.644. The van der Waals surface area contributed by atoms with Crippen molar-refractivity contribution in [1.29, 1.82) is 0 Å². The second-order valence-corrected chi connectivity index (χ2v) is 7.85. The first-order chi connectivity index (χ1) is 14.9. The zero-order chi connectivity index (χ0) is 22.1. The second-order valence-electron chi connectivity index (χ2n) is 7.85. The maximum Gasteiger partial charge on any atom is 0.337 e. The number of carbonyl (C=O) groups excluding carboxylic acids is 2. The van der Waals surface area contributed by atoms with Crippen LogP contribution in [0, 0.1) is 0 Å². The van der Waals surface area contributed by atoms with Crippen LogP contribution in [0.25, 0.3) is 11.3 Å². The number of rotatable bonds is 4. The van der Waals surface area contributed by atoms with E-state index >= 15 is 0 Å². The van der Waals surface area contributed by atoms with Crippen molar-refractivity contribution in [2.45, 2.75) is 32.4 Å². The Morgan fingerprint density at radius 3 is 2.48 bits per heavy atom. The molecule has 0 saturated heterocycles. The van der Waals surface area contributed by atoms with Crippen LogP contribution < -0.4 is 10.2 Å². The van der Waals surface area contributed by atoms with Crippen molar-refractivity contribution < 1.29 is 14.3 Å². The summed E-state index contributed by atoms with van der Waals surface area (Å²) in [4.78, 5) is 26.0. The minimum absolute atomic E-state index is 0.0118. The second kappa shape index (κ2) is 8.26. The fourth-order valence-corrected chi connectivity index (χ4v) is 4.32. The Hall–Kier alpha value is -3.61. The molecule has 2 atom stereocenters. The Bertz CT molecular complexity index is 1120. The number of amides is 1. The zero-order valence-corrected chi connectivity index (χ0v) is 18.1. The molecule has 4 rings (SSSR count). The van der Waals surface area contributed by atoms with Crippen molar-refractivity contribution in [3.05, 3.63) is 65.9 Å². The summed E-state index contributed by atoms with van der Waals surface area (Å²) >= 11 is 0. The van der Waals surface area contributed by atoms with Gasteiger partial charge >= 0.3 is 5.97 Å². The minimum Gasteiger partial charge on any atom is -0.465 e. The van der Waals surface area contributed by atoms with Crippen molar-refractivity contribution in [3.8, 4) is 11.3 Å². The maximum absolute atomic E-state index is 12.4. The van der Waals surface area contributed by atoms with E-state index in [4.69, 9.17) is 4.74 Å². The highest BCUT2D eigenvalue weighted by Gasteiger charge is 2.32. The van der Waals surface area contributed by atoms with Crippen LogP contribution in [0.2, 0.25) is 0 Å². The molecule has 1 aromatic heterocycles. The molecule has 0 unspecified atom stereocenters. The van der Waals surface area contributed by atoms with Crippen LogP contribution in [0.1, 0.15) is 42.2 Å². The summed E-state index contributed by atoms with van der Waals surface area (Å²) in [5.41, 5.74) is 5.44. The molecular weight excluding hydrogens is 392 g/mol. The predicted octanol–water partition coefficient (Wildman–Crippen LogP) is 4.17. The Kier molecular flexibility index (Phi) is 5.50. The fraction of sp³-hybridized carbons (Fsp3) is 0.292. The number of anilines is 2. The Balaban J connectivity index is 1.72. The van der Waals surface area contributed by atoms with Crippen LogP contribution in [0.3, 0.4) is 0 Å². The van der Waals surface area contributed by atoms with E-state index in [-0.39, 0.29) is 24.0 Å². The standard InChI is InChI=1S/C24H26N4O3/c1-15-13-21(26-19-8-5-17(6-9-19)24(30)31-4)20-14-18(22-11-12-25-27(22)3)7-10-23(20)28(15)16(2)29/h5-12,14-15,21,26H,13H2,1-4H3/t15-,21+/m0/s1. The summed E-state index contributed by atoms with van der Waals surface area (Å²) in [5, 5.41) is 7.86. The van der Waals surface area contributed by atoms with Crippen molar-refractivity contribution in [3.63, 3.8) is 0 Å². The highest BCUT2D eigenvalue weighted by molar-refractivity contribution is 5.94. The van der Waals surface area contributed by atoms with Gasteiger partial charge in [0.25, 0.3) is 0 Å². The first-order valence-corrected chi connectivity index (χ1v) is 10.3. The molecule has 7 nitrogen and oxygen atoms in total. The fourth-order valence-electron chi connectivity index (χ4n) is 4.32. The molecule has 0 spiro atoms. The number of nitrogens with one attached hydrogen (secondary N) is 1. The van der Waals surface area contributed by atoms with E-state index < -0.39 is 0 Å². The monoisotopic (exact) mass is 418 g/mol. The summed E-state index contributed by atoms with van der Waals surface area (Å²) in [7, 11) is 3.28. The first-order valence-electron chi connectivity index (χ1n) is 10.3. The van der Waals surface area contributed by atoms with Gasteiger partial charge in [-0.1, -0.05) is 6.07 Å². The van der Waals surface area contributed by atoms with E-state index in [0.29, 0.717) is 5.56 Å². The smallest absolute Gasteiger partial charge is 0.337 e. The van der Waals surface area contributed by atoms with Gasteiger partial charge in [0.1, 0.15) is 0 Å². The normalized spacial score (nSPS) is 17.7. The molecule has 1 N–H and O–H groups in total. The number of methoxy groups -OCH3 is 1. The number of aryl methyl sites for hydroxylation is 1. The number of hydrogen-bond donors (Lipinski definition) is 1. The molecule has 0 fully saturated rings. The number of esters is 1. The molecule has 0 saturated carbocycles. The molecule has 160 valence electrons. The van der Waals surface area contributed by atoms with Gasteiger partial charge in [0.05, 0.1) is 24.4 Å². The van der Waals surface area contributed by atoms with Crippen LogP contribution in [0.4, 0.5) is 11.4 Å². The largest absolute Gasteiger partial charge is 0.465 e. The van der Waals surface area contributed by atoms with E-state index in [9.17, 15) is 9.59 Å². The van der Waals surface area contributed by atoms with Gasteiger partial charge in [0.15, 0.2) is 0 Å². The number of hydrogen-bond acceptors (Lipinski definition) is 5. The average molecular weight is 418 g/mol. The molecule has 3 aromatic rings. The van der Waals surface area contributed by atoms with Gasteiger partial charge in [0.2, 0.25) is 5.91 Å². The van der Waals surface area contributed by atoms with Crippen molar-refractivity contribution >= 4 is 23.3 Å². The Morgan fingerprint density at radius 2 is 1.87 bits per heavy atom. The summed E-state index contributed by atoms with van der Waals surface area (Å²) in [6.45, 7) is 3.67. The van der Waals surface area contributed by atoms with E-state index in [0.717, 1.165) is 34.6 Å².